The van der Waals surface area contributed by atoms with Gasteiger partial charge in [0.15, 0.2) is 6.04 Å². The molecule has 5 nitrogen and oxygen atoms in total. The standard InChI is InChI=1S/C18H19NO4/c1-12-16(17(20)23-12)19-18(21)22-11-13-7-9-15(10-8-13)14-5-3-2-4-6-14/h2-7,9,12,16H,8,10-11H2,1H3,(H,19,21)/t12-,16+/m0/s1. The number of esters is 1. The number of hydrogen-bond acceptors (Lipinski definition) is 4. The Morgan fingerprint density at radius 1 is 1.26 bits per heavy atom. The van der Waals surface area contributed by atoms with Gasteiger partial charge < -0.3 is 14.8 Å². The molecule has 1 saturated heterocycles. The molecule has 0 bridgehead atoms. The second-order valence-corrected chi connectivity index (χ2v) is 5.72. The molecule has 0 unspecified atom stereocenters. The van der Waals surface area contributed by atoms with Gasteiger partial charge in [-0.05, 0) is 36.5 Å². The first-order valence-corrected chi connectivity index (χ1v) is 7.71. The van der Waals surface area contributed by atoms with Gasteiger partial charge in [-0.25, -0.2) is 9.59 Å². The summed E-state index contributed by atoms with van der Waals surface area (Å²) < 4.78 is 9.94. The van der Waals surface area contributed by atoms with Gasteiger partial charge in [0.25, 0.3) is 0 Å². The summed E-state index contributed by atoms with van der Waals surface area (Å²) in [5, 5.41) is 2.51. The summed E-state index contributed by atoms with van der Waals surface area (Å²) in [5.41, 5.74) is 3.56. The van der Waals surface area contributed by atoms with Crippen LogP contribution in [0.15, 0.2) is 48.1 Å². The fraction of sp³-hybridized carbons (Fsp3) is 0.333. The Morgan fingerprint density at radius 3 is 2.65 bits per heavy atom. The smallest absolute Gasteiger partial charge is 0.408 e. The first-order valence-electron chi connectivity index (χ1n) is 7.71. The summed E-state index contributed by atoms with van der Waals surface area (Å²) in [4.78, 5) is 22.8. The van der Waals surface area contributed by atoms with E-state index in [2.05, 4.69) is 23.5 Å². The minimum atomic E-state index is -0.590. The molecule has 2 atom stereocenters. The SMILES string of the molecule is C[C@@H]1OC(=O)[C@@H]1NC(=O)OCC1=CC=C(c2ccccc2)CC1. The van der Waals surface area contributed by atoms with Gasteiger partial charge >= 0.3 is 12.1 Å². The maximum atomic E-state index is 11.7. The summed E-state index contributed by atoms with van der Waals surface area (Å²) in [5.74, 6) is -0.415. The molecule has 0 spiro atoms. The van der Waals surface area contributed by atoms with E-state index in [1.165, 1.54) is 11.1 Å². The molecule has 5 heteroatoms. The third kappa shape index (κ3) is 3.62. The predicted molar refractivity (Wildman–Crippen MR) is 85.6 cm³/mol. The maximum Gasteiger partial charge on any atom is 0.408 e. The zero-order chi connectivity index (χ0) is 16.2. The Labute approximate surface area is 135 Å². The van der Waals surface area contributed by atoms with Crippen LogP contribution in [-0.4, -0.2) is 30.8 Å². The number of alkyl carbamates (subject to hydrolysis) is 1. The average Bonchev–Trinajstić information content (AvgIpc) is 2.59. The summed E-state index contributed by atoms with van der Waals surface area (Å²) in [6, 6.07) is 9.64. The van der Waals surface area contributed by atoms with Crippen LogP contribution in [0.5, 0.6) is 0 Å². The molecular weight excluding hydrogens is 294 g/mol. The van der Waals surface area contributed by atoms with Crippen LogP contribution in [0.25, 0.3) is 5.57 Å². The average molecular weight is 313 g/mol. The molecule has 1 aromatic rings. The molecule has 3 rings (SSSR count). The Bertz CT molecular complexity index is 663. The van der Waals surface area contributed by atoms with Crippen LogP contribution in [-0.2, 0) is 14.3 Å². The normalized spacial score (nSPS) is 23.1. The van der Waals surface area contributed by atoms with E-state index in [1.807, 2.05) is 24.3 Å². The van der Waals surface area contributed by atoms with Crippen molar-refractivity contribution >= 4 is 17.6 Å². The van der Waals surface area contributed by atoms with Crippen molar-refractivity contribution in [2.24, 2.45) is 0 Å². The highest BCUT2D eigenvalue weighted by molar-refractivity contribution is 5.86. The molecule has 0 radical (unpaired) electrons. The van der Waals surface area contributed by atoms with Gasteiger partial charge in [0, 0.05) is 0 Å². The Hall–Kier alpha value is -2.56. The first-order chi connectivity index (χ1) is 11.1. The molecule has 1 fully saturated rings. The third-order valence-electron chi connectivity index (χ3n) is 4.07. The highest BCUT2D eigenvalue weighted by Gasteiger charge is 2.40. The van der Waals surface area contributed by atoms with Crippen LogP contribution in [0, 0.1) is 0 Å². The highest BCUT2D eigenvalue weighted by Crippen LogP contribution is 2.26. The zero-order valence-corrected chi connectivity index (χ0v) is 13.0. The Morgan fingerprint density at radius 2 is 2.04 bits per heavy atom. The second-order valence-electron chi connectivity index (χ2n) is 5.72. The molecule has 120 valence electrons. The van der Waals surface area contributed by atoms with Crippen LogP contribution in [0.4, 0.5) is 4.79 Å². The van der Waals surface area contributed by atoms with Crippen LogP contribution >= 0.6 is 0 Å². The third-order valence-corrected chi connectivity index (χ3v) is 4.07. The van der Waals surface area contributed by atoms with Gasteiger partial charge in [0.05, 0.1) is 0 Å². The number of carbonyl (C=O) groups excluding carboxylic acids is 2. The molecule has 0 aromatic heterocycles. The quantitative estimate of drug-likeness (QED) is 0.868. The minimum absolute atomic E-state index is 0.237. The number of cyclic esters (lactones) is 1. The number of allylic oxidation sites excluding steroid dienone is 3. The number of amides is 1. The van der Waals surface area contributed by atoms with Gasteiger partial charge in [0.1, 0.15) is 12.7 Å². The van der Waals surface area contributed by atoms with E-state index in [4.69, 9.17) is 9.47 Å². The molecule has 1 aliphatic heterocycles. The van der Waals surface area contributed by atoms with Crippen molar-refractivity contribution in [1.29, 1.82) is 0 Å². The molecule has 1 N–H and O–H groups in total. The molecule has 1 amide bonds. The first kappa shape index (κ1) is 15.3. The van der Waals surface area contributed by atoms with Crippen molar-refractivity contribution in [1.82, 2.24) is 5.32 Å². The fourth-order valence-electron chi connectivity index (χ4n) is 2.64. The lowest BCUT2D eigenvalue weighted by atomic mass is 9.94. The van der Waals surface area contributed by atoms with E-state index in [0.717, 1.165) is 18.4 Å². The second kappa shape index (κ2) is 6.69. The van der Waals surface area contributed by atoms with Gasteiger partial charge in [-0.2, -0.15) is 0 Å². The van der Waals surface area contributed by atoms with E-state index in [0.29, 0.717) is 0 Å². The Kier molecular flexibility index (Phi) is 4.46. The molecule has 2 aliphatic rings. The van der Waals surface area contributed by atoms with Gasteiger partial charge in [-0.15, -0.1) is 0 Å². The van der Waals surface area contributed by atoms with Crippen molar-refractivity contribution in [2.75, 3.05) is 6.61 Å². The largest absolute Gasteiger partial charge is 0.458 e. The van der Waals surface area contributed by atoms with E-state index in [-0.39, 0.29) is 12.7 Å². The molecule has 1 aromatic carbocycles. The lowest BCUT2D eigenvalue weighted by molar-refractivity contribution is -0.174. The van der Waals surface area contributed by atoms with Crippen LogP contribution in [0.1, 0.15) is 25.3 Å². The summed E-state index contributed by atoms with van der Waals surface area (Å²) in [6.07, 6.45) is 4.97. The van der Waals surface area contributed by atoms with E-state index in [1.54, 1.807) is 6.92 Å². The molecular formula is C18H19NO4. The Balaban J connectivity index is 1.50. The maximum absolute atomic E-state index is 11.7. The van der Waals surface area contributed by atoms with Crippen LogP contribution < -0.4 is 5.32 Å². The summed E-state index contributed by atoms with van der Waals surface area (Å²) >= 11 is 0. The van der Waals surface area contributed by atoms with Gasteiger partial charge in [-0.3, -0.25) is 0 Å². The molecule has 1 heterocycles. The zero-order valence-electron chi connectivity index (χ0n) is 13.0. The van der Waals surface area contributed by atoms with Crippen molar-refractivity contribution in [3.63, 3.8) is 0 Å². The number of hydrogen-bond donors (Lipinski definition) is 1. The topological polar surface area (TPSA) is 64.6 Å². The predicted octanol–water partition coefficient (Wildman–Crippen LogP) is 2.83. The number of rotatable bonds is 4. The number of ether oxygens (including phenoxy) is 2. The molecule has 0 saturated carbocycles. The van der Waals surface area contributed by atoms with E-state index in [9.17, 15) is 9.59 Å². The fourth-order valence-corrected chi connectivity index (χ4v) is 2.64. The van der Waals surface area contributed by atoms with E-state index >= 15 is 0 Å². The molecule has 23 heavy (non-hydrogen) atoms. The van der Waals surface area contributed by atoms with E-state index < -0.39 is 18.1 Å². The molecule has 1 aliphatic carbocycles. The monoisotopic (exact) mass is 313 g/mol. The lowest BCUT2D eigenvalue weighted by Crippen LogP contribution is -2.58. The van der Waals surface area contributed by atoms with Crippen LogP contribution in [0.3, 0.4) is 0 Å². The number of carbonyl (C=O) groups is 2. The van der Waals surface area contributed by atoms with Crippen molar-refractivity contribution in [3.8, 4) is 0 Å². The number of nitrogens with one attached hydrogen (secondary N) is 1. The highest BCUT2D eigenvalue weighted by atomic mass is 16.6. The van der Waals surface area contributed by atoms with Crippen LogP contribution in [0.2, 0.25) is 0 Å². The van der Waals surface area contributed by atoms with Crippen molar-refractivity contribution < 1.29 is 19.1 Å². The number of benzene rings is 1. The minimum Gasteiger partial charge on any atom is -0.458 e. The van der Waals surface area contributed by atoms with Crippen molar-refractivity contribution in [3.05, 3.63) is 53.6 Å². The van der Waals surface area contributed by atoms with Gasteiger partial charge in [0.2, 0.25) is 0 Å². The summed E-state index contributed by atoms with van der Waals surface area (Å²) in [6.45, 7) is 1.96. The summed E-state index contributed by atoms with van der Waals surface area (Å²) in [7, 11) is 0. The van der Waals surface area contributed by atoms with Gasteiger partial charge in [-0.1, -0.05) is 42.5 Å². The lowest BCUT2D eigenvalue weighted by Gasteiger charge is -2.32. The van der Waals surface area contributed by atoms with Crippen molar-refractivity contribution in [2.45, 2.75) is 31.9 Å².